The van der Waals surface area contributed by atoms with Crippen molar-refractivity contribution >= 4 is 17.7 Å². The molecule has 3 nitrogen and oxygen atoms in total. The highest BCUT2D eigenvalue weighted by Gasteiger charge is 2.33. The number of thioether (sulfide) groups is 1. The zero-order valence-corrected chi connectivity index (χ0v) is 12.1. The second-order valence-corrected chi connectivity index (χ2v) is 5.96. The van der Waals surface area contributed by atoms with E-state index in [0.717, 1.165) is 13.0 Å². The third-order valence-corrected chi connectivity index (χ3v) is 5.02. The van der Waals surface area contributed by atoms with E-state index in [1.807, 2.05) is 25.6 Å². The molecule has 0 saturated heterocycles. The van der Waals surface area contributed by atoms with Gasteiger partial charge >= 0.3 is 5.97 Å². The number of carbonyl (C=O) groups excluding carboxylic acids is 1. The Labute approximate surface area is 109 Å². The summed E-state index contributed by atoms with van der Waals surface area (Å²) >= 11 is 1.94. The number of esters is 1. The van der Waals surface area contributed by atoms with Gasteiger partial charge in [0.15, 0.2) is 0 Å². The molecule has 0 aromatic carbocycles. The summed E-state index contributed by atoms with van der Waals surface area (Å²) in [4.78, 5) is 11.7. The summed E-state index contributed by atoms with van der Waals surface area (Å²) in [5.74, 6) is -0.107. The van der Waals surface area contributed by atoms with Crippen molar-refractivity contribution in [1.29, 1.82) is 0 Å². The van der Waals surface area contributed by atoms with E-state index in [1.165, 1.54) is 25.7 Å². The number of hydrogen-bond donors (Lipinski definition) is 1. The van der Waals surface area contributed by atoms with Gasteiger partial charge < -0.3 is 10.1 Å². The fourth-order valence-corrected chi connectivity index (χ4v) is 3.34. The van der Waals surface area contributed by atoms with Crippen LogP contribution in [0.15, 0.2) is 0 Å². The molecule has 0 aromatic rings. The van der Waals surface area contributed by atoms with Crippen LogP contribution in [-0.4, -0.2) is 36.2 Å². The van der Waals surface area contributed by atoms with Crippen LogP contribution in [0.5, 0.6) is 0 Å². The van der Waals surface area contributed by atoms with E-state index in [1.54, 1.807) is 0 Å². The van der Waals surface area contributed by atoms with Gasteiger partial charge in [-0.1, -0.05) is 19.8 Å². The van der Waals surface area contributed by atoms with E-state index in [2.05, 4.69) is 11.6 Å². The van der Waals surface area contributed by atoms with Crippen LogP contribution in [0.25, 0.3) is 0 Å². The summed E-state index contributed by atoms with van der Waals surface area (Å²) in [6, 6.07) is -0.139. The molecular formula is C13H25NO2S. The molecule has 1 aliphatic carbocycles. The van der Waals surface area contributed by atoms with Crippen LogP contribution in [-0.2, 0) is 9.53 Å². The van der Waals surface area contributed by atoms with E-state index in [4.69, 9.17) is 4.74 Å². The summed E-state index contributed by atoms with van der Waals surface area (Å²) in [5.41, 5.74) is 0. The molecule has 1 aliphatic rings. The minimum Gasteiger partial charge on any atom is -0.465 e. The molecule has 0 bridgehead atoms. The van der Waals surface area contributed by atoms with Crippen molar-refractivity contribution in [2.24, 2.45) is 0 Å². The van der Waals surface area contributed by atoms with Gasteiger partial charge in [0.1, 0.15) is 6.04 Å². The smallest absolute Gasteiger partial charge is 0.323 e. The maximum atomic E-state index is 11.7. The Morgan fingerprint density at radius 2 is 2.06 bits per heavy atom. The maximum absolute atomic E-state index is 11.7. The normalized spacial score (nSPS) is 20.2. The van der Waals surface area contributed by atoms with Crippen LogP contribution in [0.1, 0.15) is 46.0 Å². The monoisotopic (exact) mass is 259 g/mol. The zero-order valence-electron chi connectivity index (χ0n) is 11.3. The van der Waals surface area contributed by atoms with E-state index >= 15 is 0 Å². The summed E-state index contributed by atoms with van der Waals surface area (Å²) in [7, 11) is 0. The van der Waals surface area contributed by atoms with Crippen molar-refractivity contribution in [2.75, 3.05) is 19.4 Å². The van der Waals surface area contributed by atoms with Crippen LogP contribution < -0.4 is 5.32 Å². The molecular weight excluding hydrogens is 234 g/mol. The Kier molecular flexibility index (Phi) is 6.34. The van der Waals surface area contributed by atoms with Gasteiger partial charge in [0.25, 0.3) is 0 Å². The number of nitrogens with one attached hydrogen (secondary N) is 1. The Morgan fingerprint density at radius 3 is 2.53 bits per heavy atom. The number of rotatable bonds is 7. The lowest BCUT2D eigenvalue weighted by molar-refractivity contribution is -0.145. The minimum absolute atomic E-state index is 0.107. The van der Waals surface area contributed by atoms with Crippen LogP contribution >= 0.6 is 11.8 Å². The fraction of sp³-hybridized carbons (Fsp3) is 0.923. The van der Waals surface area contributed by atoms with E-state index in [-0.39, 0.29) is 12.0 Å². The number of carbonyl (C=O) groups is 1. The highest BCUT2D eigenvalue weighted by Crippen LogP contribution is 2.39. The average molecular weight is 259 g/mol. The van der Waals surface area contributed by atoms with Gasteiger partial charge in [-0.2, -0.15) is 11.8 Å². The molecule has 1 N–H and O–H groups in total. The maximum Gasteiger partial charge on any atom is 0.323 e. The molecule has 0 aliphatic heterocycles. The van der Waals surface area contributed by atoms with Crippen LogP contribution in [0.3, 0.4) is 0 Å². The first-order chi connectivity index (χ1) is 8.17. The highest BCUT2D eigenvalue weighted by atomic mass is 32.2. The van der Waals surface area contributed by atoms with Crippen molar-refractivity contribution in [3.63, 3.8) is 0 Å². The predicted molar refractivity (Wildman–Crippen MR) is 73.4 cm³/mol. The molecule has 100 valence electrons. The van der Waals surface area contributed by atoms with Crippen molar-refractivity contribution in [3.8, 4) is 0 Å². The Hall–Kier alpha value is -0.220. The lowest BCUT2D eigenvalue weighted by Crippen LogP contribution is -2.44. The summed E-state index contributed by atoms with van der Waals surface area (Å²) in [5, 5.41) is 3.39. The molecule has 0 radical (unpaired) electrons. The largest absolute Gasteiger partial charge is 0.465 e. The molecule has 0 aromatic heterocycles. The first-order valence-electron chi connectivity index (χ1n) is 6.62. The van der Waals surface area contributed by atoms with Crippen LogP contribution in [0.2, 0.25) is 0 Å². The number of ether oxygens (including phenoxy) is 1. The third-order valence-electron chi connectivity index (χ3n) is 3.60. The molecule has 0 heterocycles. The van der Waals surface area contributed by atoms with Crippen molar-refractivity contribution in [2.45, 2.75) is 56.7 Å². The van der Waals surface area contributed by atoms with Crippen LogP contribution in [0.4, 0.5) is 0 Å². The SMILES string of the molecule is CCOC(=O)C(CC)NCC1(SC)CCCC1. The van der Waals surface area contributed by atoms with E-state index in [0.29, 0.717) is 11.4 Å². The lowest BCUT2D eigenvalue weighted by atomic mass is 10.1. The summed E-state index contributed by atoms with van der Waals surface area (Å²) < 4.78 is 5.42. The summed E-state index contributed by atoms with van der Waals surface area (Å²) in [6.07, 6.45) is 8.14. The fourth-order valence-electron chi connectivity index (χ4n) is 2.42. The van der Waals surface area contributed by atoms with Gasteiger partial charge in [0.05, 0.1) is 6.61 Å². The van der Waals surface area contributed by atoms with Gasteiger partial charge in [0.2, 0.25) is 0 Å². The third kappa shape index (κ3) is 4.18. The van der Waals surface area contributed by atoms with Crippen molar-refractivity contribution in [1.82, 2.24) is 5.32 Å². The van der Waals surface area contributed by atoms with Gasteiger partial charge in [-0.05, 0) is 32.4 Å². The van der Waals surface area contributed by atoms with Gasteiger partial charge in [-0.15, -0.1) is 0 Å². The molecule has 17 heavy (non-hydrogen) atoms. The van der Waals surface area contributed by atoms with Gasteiger partial charge in [0, 0.05) is 11.3 Å². The van der Waals surface area contributed by atoms with Crippen molar-refractivity contribution in [3.05, 3.63) is 0 Å². The van der Waals surface area contributed by atoms with Gasteiger partial charge in [-0.3, -0.25) is 4.79 Å². The minimum atomic E-state index is -0.139. The Balaban J connectivity index is 2.43. The zero-order chi connectivity index (χ0) is 12.7. The Bertz CT molecular complexity index is 240. The summed E-state index contributed by atoms with van der Waals surface area (Å²) in [6.45, 7) is 5.26. The second-order valence-electron chi connectivity index (χ2n) is 4.69. The molecule has 1 atom stereocenters. The number of hydrogen-bond acceptors (Lipinski definition) is 4. The second kappa shape index (κ2) is 7.27. The van der Waals surface area contributed by atoms with Gasteiger partial charge in [-0.25, -0.2) is 0 Å². The molecule has 4 heteroatoms. The van der Waals surface area contributed by atoms with Crippen LogP contribution in [0, 0.1) is 0 Å². The average Bonchev–Trinajstić information content (AvgIpc) is 2.80. The topological polar surface area (TPSA) is 38.3 Å². The van der Waals surface area contributed by atoms with E-state index in [9.17, 15) is 4.79 Å². The lowest BCUT2D eigenvalue weighted by Gasteiger charge is -2.29. The van der Waals surface area contributed by atoms with Crippen molar-refractivity contribution < 1.29 is 9.53 Å². The first kappa shape index (κ1) is 14.8. The molecule has 1 fully saturated rings. The molecule has 1 rings (SSSR count). The molecule has 1 unspecified atom stereocenters. The molecule has 1 saturated carbocycles. The Morgan fingerprint density at radius 1 is 1.41 bits per heavy atom. The highest BCUT2D eigenvalue weighted by molar-refractivity contribution is 8.00. The first-order valence-corrected chi connectivity index (χ1v) is 7.85. The molecule has 0 amide bonds. The van der Waals surface area contributed by atoms with E-state index < -0.39 is 0 Å². The quantitative estimate of drug-likeness (QED) is 0.713. The predicted octanol–water partition coefficient (Wildman–Crippen LogP) is 2.59. The molecule has 0 spiro atoms. The standard InChI is InChI=1S/C13H25NO2S/c1-4-11(12(15)16-5-2)14-10-13(17-3)8-6-7-9-13/h11,14H,4-10H2,1-3H3.